The molecule has 1 aromatic carbocycles. The zero-order chi connectivity index (χ0) is 10.1. The quantitative estimate of drug-likeness (QED) is 0.424. The number of nitro groups is 1. The van der Waals surface area contributed by atoms with Gasteiger partial charge >= 0.3 is 0 Å². The van der Waals surface area contributed by atoms with E-state index in [2.05, 4.69) is 0 Å². The predicted molar refractivity (Wildman–Crippen MR) is 50.0 cm³/mol. The summed E-state index contributed by atoms with van der Waals surface area (Å²) in [7, 11) is -1.68. The lowest BCUT2D eigenvalue weighted by Gasteiger charge is -1.95. The van der Waals surface area contributed by atoms with Crippen LogP contribution in [0.3, 0.4) is 0 Å². The third-order valence-electron chi connectivity index (χ3n) is 1.38. The lowest BCUT2D eigenvalue weighted by atomic mass is 10.3. The van der Waals surface area contributed by atoms with E-state index in [1.54, 1.807) is 8.44 Å². The normalized spacial score (nSPS) is 11.2. The lowest BCUT2D eigenvalue weighted by Crippen LogP contribution is -1.91. The molecule has 0 bridgehead atoms. The van der Waals surface area contributed by atoms with Crippen LogP contribution in [-0.4, -0.2) is 13.3 Å². The smallest absolute Gasteiger partial charge is 0.258 e. The Morgan fingerprint density at radius 2 is 1.69 bits per heavy atom. The monoisotopic (exact) mass is 219 g/mol. The van der Waals surface area contributed by atoms with Gasteiger partial charge in [0.2, 0.25) is 0 Å². The van der Waals surface area contributed by atoms with Crippen LogP contribution in [0.4, 0.5) is 5.69 Å². The average Bonchev–Trinajstić information content (AvgIpc) is 2.03. The predicted octanol–water partition coefficient (Wildman–Crippen LogP) is 1.16. The van der Waals surface area contributed by atoms with Crippen molar-refractivity contribution in [3.63, 3.8) is 0 Å². The highest BCUT2D eigenvalue weighted by Gasteiger charge is 2.09. The van der Waals surface area contributed by atoms with Gasteiger partial charge in [0.1, 0.15) is 0 Å². The first-order chi connectivity index (χ1) is 5.91. The molecule has 7 heteroatoms. The van der Waals surface area contributed by atoms with Gasteiger partial charge in [-0.05, 0) is 20.6 Å². The first-order valence-electron chi connectivity index (χ1n) is 3.18. The van der Waals surface area contributed by atoms with Gasteiger partial charge in [-0.1, -0.05) is 0 Å². The van der Waals surface area contributed by atoms with E-state index in [1.165, 1.54) is 12.1 Å². The molecule has 0 aliphatic heterocycles. The number of non-ortho nitro benzene ring substituents is 1. The van der Waals surface area contributed by atoms with Crippen molar-refractivity contribution in [3.05, 3.63) is 34.4 Å². The molecule has 13 heavy (non-hydrogen) atoms. The minimum absolute atomic E-state index is 0.0445. The van der Waals surface area contributed by atoms with Crippen LogP contribution in [0.15, 0.2) is 29.2 Å². The standard InChI is InChI=1S/C6H6NO4PS/c8-7(9)5-1-3-6(4-2-5)13(10,11)12/h1-4H,12H2. The van der Waals surface area contributed by atoms with Crippen LogP contribution < -0.4 is 0 Å². The second kappa shape index (κ2) is 3.40. The Kier molecular flexibility index (Phi) is 2.63. The molecule has 0 radical (unpaired) electrons. The third-order valence-corrected chi connectivity index (χ3v) is 3.12. The molecule has 0 aliphatic carbocycles. The van der Waals surface area contributed by atoms with Crippen LogP contribution in [0.5, 0.6) is 0 Å². The molecule has 5 nitrogen and oxygen atoms in total. The van der Waals surface area contributed by atoms with Crippen LogP contribution in [0, 0.1) is 10.1 Å². The molecule has 0 spiro atoms. The molecule has 70 valence electrons. The molecule has 1 rings (SSSR count). The van der Waals surface area contributed by atoms with Crippen molar-refractivity contribution in [2.75, 3.05) is 0 Å². The zero-order valence-electron chi connectivity index (χ0n) is 6.38. The fourth-order valence-corrected chi connectivity index (χ4v) is 1.74. The van der Waals surface area contributed by atoms with Gasteiger partial charge in [0, 0.05) is 12.1 Å². The van der Waals surface area contributed by atoms with Crippen LogP contribution in [0.2, 0.25) is 0 Å². The summed E-state index contributed by atoms with van der Waals surface area (Å²) in [5.74, 6) is 0. The average molecular weight is 219 g/mol. The van der Waals surface area contributed by atoms with E-state index in [0.717, 1.165) is 12.1 Å². The first-order valence-corrected chi connectivity index (χ1v) is 6.14. The number of hydrogen-bond acceptors (Lipinski definition) is 4. The molecule has 0 fully saturated rings. The van der Waals surface area contributed by atoms with Crippen molar-refractivity contribution < 1.29 is 13.3 Å². The number of rotatable bonds is 2. The van der Waals surface area contributed by atoms with E-state index in [1.807, 2.05) is 0 Å². The van der Waals surface area contributed by atoms with E-state index >= 15 is 0 Å². The Morgan fingerprint density at radius 1 is 1.23 bits per heavy atom. The Labute approximate surface area is 76.8 Å². The SMILES string of the molecule is O=[N+]([O-])c1ccc(S(=O)(=O)P)cc1. The summed E-state index contributed by atoms with van der Waals surface area (Å²) in [4.78, 5) is 9.67. The second-order valence-electron chi connectivity index (χ2n) is 2.30. The van der Waals surface area contributed by atoms with Crippen LogP contribution in [0.1, 0.15) is 0 Å². The third kappa shape index (κ3) is 2.47. The molecule has 1 atom stereocenters. The lowest BCUT2D eigenvalue weighted by molar-refractivity contribution is -0.384. The van der Waals surface area contributed by atoms with Gasteiger partial charge in [-0.25, -0.2) is 8.42 Å². The summed E-state index contributed by atoms with van der Waals surface area (Å²) in [6.07, 6.45) is 0. The number of benzene rings is 1. The molecule has 1 unspecified atom stereocenters. The van der Waals surface area contributed by atoms with Gasteiger partial charge in [0.15, 0.2) is 9.46 Å². The van der Waals surface area contributed by atoms with Gasteiger partial charge in [-0.2, -0.15) is 0 Å². The van der Waals surface area contributed by atoms with E-state index in [4.69, 9.17) is 0 Å². The van der Waals surface area contributed by atoms with Crippen molar-refractivity contribution in [2.24, 2.45) is 0 Å². The summed E-state index contributed by atoms with van der Waals surface area (Å²) >= 11 is 0. The minimum Gasteiger partial charge on any atom is -0.258 e. The molecule has 0 amide bonds. The maximum atomic E-state index is 10.9. The van der Waals surface area contributed by atoms with E-state index in [-0.39, 0.29) is 10.6 Å². The minimum atomic E-state index is -3.35. The number of hydrogen-bond donors (Lipinski definition) is 0. The van der Waals surface area contributed by atoms with Crippen molar-refractivity contribution in [3.8, 4) is 0 Å². The Morgan fingerprint density at radius 3 is 2.00 bits per heavy atom. The molecule has 0 saturated heterocycles. The summed E-state index contributed by atoms with van der Waals surface area (Å²) in [5, 5.41) is 10.2. The van der Waals surface area contributed by atoms with Crippen LogP contribution >= 0.6 is 8.44 Å². The molecule has 0 aliphatic rings. The zero-order valence-corrected chi connectivity index (χ0v) is 8.35. The Balaban J connectivity index is 3.16. The molecular weight excluding hydrogens is 213 g/mol. The summed E-state index contributed by atoms with van der Waals surface area (Å²) in [6, 6.07) is 4.69. The molecule has 1 aromatic rings. The van der Waals surface area contributed by atoms with Gasteiger partial charge < -0.3 is 0 Å². The molecular formula is C6H6NO4PS. The van der Waals surface area contributed by atoms with Crippen molar-refractivity contribution >= 4 is 23.6 Å². The highest BCUT2D eigenvalue weighted by Crippen LogP contribution is 2.19. The Bertz CT molecular complexity index is 424. The number of nitrogens with zero attached hydrogens (tertiary/aromatic N) is 1. The van der Waals surface area contributed by atoms with Crippen LogP contribution in [-0.2, 0) is 9.46 Å². The maximum Gasteiger partial charge on any atom is 0.269 e. The second-order valence-corrected chi connectivity index (χ2v) is 5.72. The fourth-order valence-electron chi connectivity index (χ4n) is 0.758. The highest BCUT2D eigenvalue weighted by molar-refractivity contribution is 8.37. The summed E-state index contributed by atoms with van der Waals surface area (Å²) < 4.78 is 21.8. The molecule has 0 aromatic heterocycles. The first kappa shape index (κ1) is 10.1. The van der Waals surface area contributed by atoms with E-state index in [9.17, 15) is 18.5 Å². The van der Waals surface area contributed by atoms with E-state index in [0.29, 0.717) is 0 Å². The van der Waals surface area contributed by atoms with Crippen molar-refractivity contribution in [1.82, 2.24) is 0 Å². The highest BCUT2D eigenvalue weighted by atomic mass is 32.7. The van der Waals surface area contributed by atoms with Crippen LogP contribution in [0.25, 0.3) is 0 Å². The van der Waals surface area contributed by atoms with Gasteiger partial charge in [0.25, 0.3) is 5.69 Å². The topological polar surface area (TPSA) is 77.3 Å². The summed E-state index contributed by atoms with van der Waals surface area (Å²) in [6.45, 7) is 0. The largest absolute Gasteiger partial charge is 0.269 e. The molecule has 0 heterocycles. The van der Waals surface area contributed by atoms with Gasteiger partial charge in [-0.3, -0.25) is 10.1 Å². The fraction of sp³-hybridized carbons (Fsp3) is 0. The summed E-state index contributed by atoms with van der Waals surface area (Å²) in [5.41, 5.74) is -0.127. The Hall–Kier alpha value is -1.00. The van der Waals surface area contributed by atoms with Crippen molar-refractivity contribution in [2.45, 2.75) is 4.90 Å². The molecule has 0 saturated carbocycles. The van der Waals surface area contributed by atoms with Gasteiger partial charge in [-0.15, -0.1) is 0 Å². The maximum absolute atomic E-state index is 10.9. The molecule has 0 N–H and O–H groups in total. The van der Waals surface area contributed by atoms with Gasteiger partial charge in [0.05, 0.1) is 9.82 Å². The van der Waals surface area contributed by atoms with E-state index < -0.39 is 14.4 Å². The number of nitro benzene ring substituents is 1. The van der Waals surface area contributed by atoms with Crippen molar-refractivity contribution in [1.29, 1.82) is 0 Å².